The van der Waals surface area contributed by atoms with Gasteiger partial charge < -0.3 is 20.1 Å². The van der Waals surface area contributed by atoms with Crippen LogP contribution in [0.4, 0.5) is 23.7 Å². The average molecular weight is 560 g/mol. The van der Waals surface area contributed by atoms with Crippen LogP contribution in [0.3, 0.4) is 0 Å². The van der Waals surface area contributed by atoms with Gasteiger partial charge in [0.15, 0.2) is 0 Å². The summed E-state index contributed by atoms with van der Waals surface area (Å²) in [7, 11) is 0. The van der Waals surface area contributed by atoms with Crippen LogP contribution in [0.1, 0.15) is 35.1 Å². The second-order valence-corrected chi connectivity index (χ2v) is 10.1. The molecule has 210 valence electrons. The molecule has 1 heterocycles. The lowest BCUT2D eigenvalue weighted by molar-refractivity contribution is -0.137. The number of urea groups is 1. The van der Waals surface area contributed by atoms with Gasteiger partial charge in [0.1, 0.15) is 6.54 Å². The maximum Gasteiger partial charge on any atom is 0.416 e. The van der Waals surface area contributed by atoms with Crippen LogP contribution in [0.2, 0.25) is 0 Å². The minimum atomic E-state index is -4.45. The molecule has 7 nitrogen and oxygen atoms in total. The van der Waals surface area contributed by atoms with Crippen molar-refractivity contribution in [2.75, 3.05) is 18.4 Å². The number of para-hydroxylation sites is 1. The van der Waals surface area contributed by atoms with Gasteiger partial charge in [0.05, 0.1) is 17.2 Å². The lowest BCUT2D eigenvalue weighted by Gasteiger charge is -2.28. The van der Waals surface area contributed by atoms with E-state index in [0.29, 0.717) is 29.8 Å². The molecule has 1 saturated carbocycles. The Kier molecular flexibility index (Phi) is 7.97. The first-order valence-corrected chi connectivity index (χ1v) is 13.3. The third-order valence-corrected chi connectivity index (χ3v) is 7.13. The number of benzene rings is 3. The van der Waals surface area contributed by atoms with Crippen LogP contribution in [0.15, 0.2) is 79.0 Å². The second kappa shape index (κ2) is 11.8. The van der Waals surface area contributed by atoms with E-state index in [4.69, 9.17) is 5.26 Å². The number of anilines is 1. The molecule has 0 spiro atoms. The van der Waals surface area contributed by atoms with Crippen molar-refractivity contribution >= 4 is 28.5 Å². The first-order chi connectivity index (χ1) is 19.7. The average Bonchev–Trinajstić information content (AvgIpc) is 3.72. The van der Waals surface area contributed by atoms with Crippen LogP contribution in [0.25, 0.3) is 10.9 Å². The zero-order chi connectivity index (χ0) is 29.0. The van der Waals surface area contributed by atoms with Gasteiger partial charge in [0.25, 0.3) is 0 Å². The highest BCUT2D eigenvalue weighted by Crippen LogP contribution is 2.30. The fraction of sp³-hybridized carbons (Fsp3) is 0.258. The molecule has 1 fully saturated rings. The van der Waals surface area contributed by atoms with E-state index in [2.05, 4.69) is 10.3 Å². The van der Waals surface area contributed by atoms with E-state index in [1.54, 1.807) is 29.2 Å². The molecule has 3 aromatic carbocycles. The van der Waals surface area contributed by atoms with E-state index in [1.165, 1.54) is 17.0 Å². The molecule has 3 amide bonds. The summed E-state index contributed by atoms with van der Waals surface area (Å²) < 4.78 is 39.3. The highest BCUT2D eigenvalue weighted by molar-refractivity contribution is 5.93. The number of amides is 3. The van der Waals surface area contributed by atoms with Crippen LogP contribution < -0.4 is 5.32 Å². The first kappa shape index (κ1) is 27.8. The zero-order valence-electron chi connectivity index (χ0n) is 22.1. The molecular weight excluding hydrogens is 531 g/mol. The molecule has 5 rings (SSSR count). The lowest BCUT2D eigenvalue weighted by atomic mass is 10.1. The van der Waals surface area contributed by atoms with Gasteiger partial charge in [0, 0.05) is 41.9 Å². The van der Waals surface area contributed by atoms with Crippen LogP contribution in [0.5, 0.6) is 0 Å². The Labute approximate surface area is 235 Å². The number of nitriles is 1. The van der Waals surface area contributed by atoms with Crippen molar-refractivity contribution in [2.45, 2.75) is 38.0 Å². The maximum absolute atomic E-state index is 13.7. The highest BCUT2D eigenvalue weighted by Gasteiger charge is 2.35. The van der Waals surface area contributed by atoms with Crippen molar-refractivity contribution in [3.05, 3.63) is 101 Å². The van der Waals surface area contributed by atoms with Crippen LogP contribution in [-0.4, -0.2) is 45.9 Å². The number of carbonyl (C=O) groups excluding carboxylic acids is 2. The summed E-state index contributed by atoms with van der Waals surface area (Å²) in [6.45, 7) is 0.235. The number of fused-ring (bicyclic) bond motifs is 1. The summed E-state index contributed by atoms with van der Waals surface area (Å²) in [5, 5.41) is 13.0. The number of aromatic amines is 1. The molecule has 1 aliphatic rings. The standard InChI is InChI=1S/C31H28F3N5O2/c32-31(33,34)24-10-8-21(9-11-24)19-38(15-14-23-18-36-28-7-2-1-6-27(23)28)29(40)20-39(26-12-13-26)30(41)37-25-5-3-4-22(16-25)17-35/h1-11,16,18,26,36H,12-15,19-20H2,(H,37,41). The third-order valence-electron chi connectivity index (χ3n) is 7.13. The number of carbonyl (C=O) groups is 2. The van der Waals surface area contributed by atoms with Crippen molar-refractivity contribution < 1.29 is 22.8 Å². The zero-order valence-corrected chi connectivity index (χ0v) is 22.1. The summed E-state index contributed by atoms with van der Waals surface area (Å²) in [6.07, 6.45) is -0.494. The second-order valence-electron chi connectivity index (χ2n) is 10.1. The minimum absolute atomic E-state index is 0.0837. The van der Waals surface area contributed by atoms with Gasteiger partial charge in [-0.15, -0.1) is 0 Å². The Morgan fingerprint density at radius 3 is 2.49 bits per heavy atom. The molecule has 0 aliphatic heterocycles. The number of nitrogens with zero attached hydrogens (tertiary/aromatic N) is 3. The molecule has 0 unspecified atom stereocenters. The summed E-state index contributed by atoms with van der Waals surface area (Å²) in [4.78, 5) is 33.2. The van der Waals surface area contributed by atoms with Gasteiger partial charge >= 0.3 is 12.2 Å². The van der Waals surface area contributed by atoms with E-state index in [0.717, 1.165) is 41.4 Å². The minimum Gasteiger partial charge on any atom is -0.361 e. The van der Waals surface area contributed by atoms with Crippen LogP contribution >= 0.6 is 0 Å². The van der Waals surface area contributed by atoms with Gasteiger partial charge in [-0.1, -0.05) is 36.4 Å². The quantitative estimate of drug-likeness (QED) is 0.251. The van der Waals surface area contributed by atoms with Crippen LogP contribution in [0, 0.1) is 11.3 Å². The molecule has 0 saturated heterocycles. The number of halogens is 3. The molecule has 4 aromatic rings. The van der Waals surface area contributed by atoms with E-state index < -0.39 is 17.8 Å². The first-order valence-electron chi connectivity index (χ1n) is 13.3. The van der Waals surface area contributed by atoms with Crippen molar-refractivity contribution in [1.82, 2.24) is 14.8 Å². The monoisotopic (exact) mass is 559 g/mol. The van der Waals surface area contributed by atoms with Gasteiger partial charge in [-0.3, -0.25) is 4.79 Å². The number of nitrogens with one attached hydrogen (secondary N) is 2. The Balaban J connectivity index is 1.33. The van der Waals surface area contributed by atoms with Gasteiger partial charge in [-0.2, -0.15) is 18.4 Å². The number of rotatable bonds is 9. The predicted molar refractivity (Wildman–Crippen MR) is 149 cm³/mol. The largest absolute Gasteiger partial charge is 0.416 e. The predicted octanol–water partition coefficient (Wildman–Crippen LogP) is 6.33. The highest BCUT2D eigenvalue weighted by atomic mass is 19.4. The smallest absolute Gasteiger partial charge is 0.361 e. The molecule has 1 aliphatic carbocycles. The Morgan fingerprint density at radius 2 is 1.78 bits per heavy atom. The number of hydrogen-bond donors (Lipinski definition) is 2. The van der Waals surface area contributed by atoms with E-state index in [-0.39, 0.29) is 25.0 Å². The summed E-state index contributed by atoms with van der Waals surface area (Å²) in [5.74, 6) is -0.308. The third kappa shape index (κ3) is 6.87. The summed E-state index contributed by atoms with van der Waals surface area (Å²) >= 11 is 0. The van der Waals surface area contributed by atoms with E-state index in [1.807, 2.05) is 36.5 Å². The van der Waals surface area contributed by atoms with E-state index >= 15 is 0 Å². The fourth-order valence-electron chi connectivity index (χ4n) is 4.77. The molecule has 0 radical (unpaired) electrons. The van der Waals surface area contributed by atoms with Gasteiger partial charge in [0.2, 0.25) is 5.91 Å². The van der Waals surface area contributed by atoms with Gasteiger partial charge in [-0.05, 0) is 66.8 Å². The molecule has 10 heteroatoms. The molecule has 2 N–H and O–H groups in total. The molecule has 0 atom stereocenters. The normalized spacial score (nSPS) is 13.0. The summed E-state index contributed by atoms with van der Waals surface area (Å²) in [5.41, 5.74) is 2.64. The number of hydrogen-bond acceptors (Lipinski definition) is 3. The number of H-pyrrole nitrogens is 1. The van der Waals surface area contributed by atoms with Crippen molar-refractivity contribution in [3.63, 3.8) is 0 Å². The van der Waals surface area contributed by atoms with E-state index in [9.17, 15) is 22.8 Å². The Hall–Kier alpha value is -4.78. The van der Waals surface area contributed by atoms with Gasteiger partial charge in [-0.25, -0.2) is 4.79 Å². The van der Waals surface area contributed by atoms with Crippen molar-refractivity contribution in [3.8, 4) is 6.07 Å². The van der Waals surface area contributed by atoms with Crippen molar-refractivity contribution in [2.24, 2.45) is 0 Å². The molecule has 41 heavy (non-hydrogen) atoms. The Morgan fingerprint density at radius 1 is 1.02 bits per heavy atom. The number of alkyl halides is 3. The molecular formula is C31H28F3N5O2. The maximum atomic E-state index is 13.7. The molecule has 0 bridgehead atoms. The fourth-order valence-corrected chi connectivity index (χ4v) is 4.77. The van der Waals surface area contributed by atoms with Crippen molar-refractivity contribution in [1.29, 1.82) is 5.26 Å². The van der Waals surface area contributed by atoms with Crippen LogP contribution in [-0.2, 0) is 23.9 Å². The molecule has 1 aromatic heterocycles. The summed E-state index contributed by atoms with van der Waals surface area (Å²) in [6, 6.07) is 20.6. The number of aromatic nitrogens is 1. The Bertz CT molecular complexity index is 1590. The lowest BCUT2D eigenvalue weighted by Crippen LogP contribution is -2.45. The SMILES string of the molecule is N#Cc1cccc(NC(=O)N(CC(=O)N(CCc2c[nH]c3ccccc23)Cc2ccc(C(F)(F)F)cc2)C2CC2)c1. The topological polar surface area (TPSA) is 92.2 Å².